The van der Waals surface area contributed by atoms with Crippen molar-refractivity contribution in [3.8, 4) is 5.75 Å². The Bertz CT molecular complexity index is 708. The van der Waals surface area contributed by atoms with Gasteiger partial charge in [-0.15, -0.1) is 11.3 Å². The van der Waals surface area contributed by atoms with Gasteiger partial charge in [0.2, 0.25) is 0 Å². The van der Waals surface area contributed by atoms with E-state index in [0.29, 0.717) is 0 Å². The molecule has 2 heterocycles. The molecule has 0 saturated heterocycles. The minimum absolute atomic E-state index is 0.139. The zero-order valence-electron chi connectivity index (χ0n) is 10.5. The number of hydrogen-bond donors (Lipinski definition) is 1. The van der Waals surface area contributed by atoms with Crippen LogP contribution in [0.4, 0.5) is 0 Å². The fraction of sp³-hybridized carbons (Fsp3) is 0.133. The average molecular weight is 270 g/mol. The molecular weight excluding hydrogens is 256 g/mol. The first-order valence-corrected chi connectivity index (χ1v) is 6.88. The van der Waals surface area contributed by atoms with Gasteiger partial charge in [-0.25, -0.2) is 0 Å². The highest BCUT2D eigenvalue weighted by Gasteiger charge is 2.12. The Labute approximate surface area is 115 Å². The third-order valence-corrected chi connectivity index (χ3v) is 4.12. The van der Waals surface area contributed by atoms with E-state index in [4.69, 9.17) is 10.5 Å². The van der Waals surface area contributed by atoms with E-state index in [2.05, 4.69) is 17.1 Å². The Morgan fingerprint density at radius 2 is 2.16 bits per heavy atom. The summed E-state index contributed by atoms with van der Waals surface area (Å²) in [5.74, 6) is 0.856. The first-order chi connectivity index (χ1) is 9.28. The number of benzene rings is 1. The molecule has 0 spiro atoms. The van der Waals surface area contributed by atoms with Gasteiger partial charge in [0.1, 0.15) is 5.75 Å². The Balaban J connectivity index is 1.98. The molecule has 0 aliphatic carbocycles. The number of fused-ring (bicyclic) bond motifs is 1. The van der Waals surface area contributed by atoms with Crippen molar-refractivity contribution in [1.29, 1.82) is 0 Å². The van der Waals surface area contributed by atoms with Crippen molar-refractivity contribution in [2.24, 2.45) is 5.73 Å². The summed E-state index contributed by atoms with van der Waals surface area (Å²) in [4.78, 5) is 5.45. The van der Waals surface area contributed by atoms with Crippen LogP contribution in [0.2, 0.25) is 0 Å². The number of rotatable bonds is 3. The largest absolute Gasteiger partial charge is 0.496 e. The Morgan fingerprint density at radius 3 is 2.95 bits per heavy atom. The van der Waals surface area contributed by atoms with E-state index in [1.807, 2.05) is 29.6 Å². The van der Waals surface area contributed by atoms with Crippen LogP contribution in [0.1, 0.15) is 16.5 Å². The van der Waals surface area contributed by atoms with E-state index in [1.54, 1.807) is 24.6 Å². The topological polar surface area (TPSA) is 48.1 Å². The quantitative estimate of drug-likeness (QED) is 0.794. The van der Waals surface area contributed by atoms with Gasteiger partial charge < -0.3 is 10.5 Å². The summed E-state index contributed by atoms with van der Waals surface area (Å²) < 4.78 is 5.19. The number of ether oxygens (including phenoxy) is 1. The second-order valence-electron chi connectivity index (χ2n) is 4.32. The number of thiophene rings is 1. The lowest BCUT2D eigenvalue weighted by Gasteiger charge is -2.10. The van der Waals surface area contributed by atoms with Gasteiger partial charge in [-0.1, -0.05) is 18.2 Å². The SMILES string of the molecule is COc1csc(C(N)c2ccc3cccnc3c2)c1. The van der Waals surface area contributed by atoms with Crippen LogP contribution in [0.5, 0.6) is 5.75 Å². The van der Waals surface area contributed by atoms with Crippen LogP contribution in [0, 0.1) is 0 Å². The fourth-order valence-corrected chi connectivity index (χ4v) is 2.93. The number of hydrogen-bond acceptors (Lipinski definition) is 4. The summed E-state index contributed by atoms with van der Waals surface area (Å²) in [5, 5.41) is 3.09. The van der Waals surface area contributed by atoms with E-state index in [1.165, 1.54) is 0 Å². The lowest BCUT2D eigenvalue weighted by Crippen LogP contribution is -2.10. The van der Waals surface area contributed by atoms with E-state index >= 15 is 0 Å². The molecule has 3 aromatic rings. The van der Waals surface area contributed by atoms with Crippen molar-refractivity contribution in [2.75, 3.05) is 7.11 Å². The second-order valence-corrected chi connectivity index (χ2v) is 5.26. The molecule has 1 atom stereocenters. The van der Waals surface area contributed by atoms with Crippen molar-refractivity contribution < 1.29 is 4.74 Å². The Hall–Kier alpha value is -1.91. The maximum absolute atomic E-state index is 6.30. The van der Waals surface area contributed by atoms with Gasteiger partial charge in [-0.2, -0.15) is 0 Å². The first-order valence-electron chi connectivity index (χ1n) is 6.00. The molecule has 0 aliphatic rings. The van der Waals surface area contributed by atoms with E-state index < -0.39 is 0 Å². The molecule has 4 heteroatoms. The summed E-state index contributed by atoms with van der Waals surface area (Å²) in [6.07, 6.45) is 1.80. The van der Waals surface area contributed by atoms with Gasteiger partial charge >= 0.3 is 0 Å². The minimum Gasteiger partial charge on any atom is -0.496 e. The zero-order chi connectivity index (χ0) is 13.2. The van der Waals surface area contributed by atoms with Gasteiger partial charge in [0, 0.05) is 21.8 Å². The van der Waals surface area contributed by atoms with E-state index in [-0.39, 0.29) is 6.04 Å². The summed E-state index contributed by atoms with van der Waals surface area (Å²) >= 11 is 1.61. The predicted molar refractivity (Wildman–Crippen MR) is 78.6 cm³/mol. The maximum atomic E-state index is 6.30. The van der Waals surface area contributed by atoms with E-state index in [9.17, 15) is 0 Å². The van der Waals surface area contributed by atoms with Crippen molar-refractivity contribution >= 4 is 22.2 Å². The fourth-order valence-electron chi connectivity index (χ4n) is 2.05. The molecular formula is C15H14N2OS. The van der Waals surface area contributed by atoms with Gasteiger partial charge in [0.25, 0.3) is 0 Å². The normalized spacial score (nSPS) is 12.5. The van der Waals surface area contributed by atoms with Crippen molar-refractivity contribution in [2.45, 2.75) is 6.04 Å². The summed E-state index contributed by atoms with van der Waals surface area (Å²) in [7, 11) is 1.66. The van der Waals surface area contributed by atoms with Gasteiger partial charge in [0.15, 0.2) is 0 Å². The standard InChI is InChI=1S/C15H14N2OS/c1-18-12-8-14(19-9-12)15(16)11-5-4-10-3-2-6-17-13(10)7-11/h2-9,15H,16H2,1H3. The molecule has 0 aliphatic heterocycles. The number of pyridine rings is 1. The van der Waals surface area contributed by atoms with Crippen LogP contribution in [0.25, 0.3) is 10.9 Å². The molecule has 0 amide bonds. The molecule has 96 valence electrons. The monoisotopic (exact) mass is 270 g/mol. The highest BCUT2D eigenvalue weighted by atomic mass is 32.1. The number of methoxy groups -OCH3 is 1. The molecule has 19 heavy (non-hydrogen) atoms. The molecule has 0 saturated carbocycles. The molecule has 0 bridgehead atoms. The van der Waals surface area contributed by atoms with Crippen LogP contribution >= 0.6 is 11.3 Å². The summed E-state index contributed by atoms with van der Waals surface area (Å²) in [6.45, 7) is 0. The molecule has 2 N–H and O–H groups in total. The predicted octanol–water partition coefficient (Wildman–Crippen LogP) is 3.35. The zero-order valence-corrected chi connectivity index (χ0v) is 11.4. The van der Waals surface area contributed by atoms with Crippen LogP contribution < -0.4 is 10.5 Å². The van der Waals surface area contributed by atoms with Crippen LogP contribution in [-0.4, -0.2) is 12.1 Å². The van der Waals surface area contributed by atoms with Gasteiger partial charge in [-0.3, -0.25) is 4.98 Å². The minimum atomic E-state index is -0.139. The lowest BCUT2D eigenvalue weighted by molar-refractivity contribution is 0.416. The average Bonchev–Trinajstić information content (AvgIpc) is 2.95. The van der Waals surface area contributed by atoms with Crippen molar-refractivity contribution in [3.05, 3.63) is 58.4 Å². The first kappa shape index (κ1) is 12.1. The molecule has 2 aromatic heterocycles. The second kappa shape index (κ2) is 4.99. The number of nitrogens with zero attached hydrogens (tertiary/aromatic N) is 1. The van der Waals surface area contributed by atoms with Crippen LogP contribution in [0.15, 0.2) is 48.0 Å². The Kier molecular flexibility index (Phi) is 3.19. The van der Waals surface area contributed by atoms with Crippen LogP contribution in [-0.2, 0) is 0 Å². The molecule has 3 nitrogen and oxygen atoms in total. The van der Waals surface area contributed by atoms with Gasteiger partial charge in [0.05, 0.1) is 18.7 Å². The number of aromatic nitrogens is 1. The molecule has 0 fully saturated rings. The molecule has 1 unspecified atom stereocenters. The smallest absolute Gasteiger partial charge is 0.129 e. The highest BCUT2D eigenvalue weighted by Crippen LogP contribution is 2.30. The molecule has 1 aromatic carbocycles. The highest BCUT2D eigenvalue weighted by molar-refractivity contribution is 7.10. The number of nitrogens with two attached hydrogens (primary N) is 1. The molecule has 3 rings (SSSR count). The van der Waals surface area contributed by atoms with Gasteiger partial charge in [-0.05, 0) is 23.8 Å². The van der Waals surface area contributed by atoms with E-state index in [0.717, 1.165) is 27.1 Å². The van der Waals surface area contributed by atoms with Crippen molar-refractivity contribution in [3.63, 3.8) is 0 Å². The maximum Gasteiger partial charge on any atom is 0.129 e. The third kappa shape index (κ3) is 2.32. The Morgan fingerprint density at radius 1 is 1.26 bits per heavy atom. The lowest BCUT2D eigenvalue weighted by atomic mass is 10.0. The van der Waals surface area contributed by atoms with Crippen LogP contribution in [0.3, 0.4) is 0 Å². The molecule has 0 radical (unpaired) electrons. The van der Waals surface area contributed by atoms with Crippen molar-refractivity contribution in [1.82, 2.24) is 4.98 Å². The third-order valence-electron chi connectivity index (χ3n) is 3.13. The summed E-state index contributed by atoms with van der Waals surface area (Å²) in [5.41, 5.74) is 8.34. The summed E-state index contributed by atoms with van der Waals surface area (Å²) in [6, 6.07) is 12.0.